The fourth-order valence-corrected chi connectivity index (χ4v) is 4.70. The van der Waals surface area contributed by atoms with Crippen molar-refractivity contribution in [2.45, 2.75) is 19.1 Å². The summed E-state index contributed by atoms with van der Waals surface area (Å²) in [7, 11) is 0. The number of hydrogen-bond acceptors (Lipinski definition) is 5. The number of nitrogens with zero attached hydrogens (tertiary/aromatic N) is 1. The van der Waals surface area contributed by atoms with Gasteiger partial charge >= 0.3 is 5.63 Å². The van der Waals surface area contributed by atoms with E-state index in [9.17, 15) is 9.59 Å². The van der Waals surface area contributed by atoms with E-state index in [0.29, 0.717) is 49.6 Å². The van der Waals surface area contributed by atoms with E-state index < -0.39 is 11.9 Å². The van der Waals surface area contributed by atoms with Crippen LogP contribution in [-0.2, 0) is 9.47 Å². The summed E-state index contributed by atoms with van der Waals surface area (Å²) in [6.07, 6.45) is 6.37. The van der Waals surface area contributed by atoms with Gasteiger partial charge in [-0.1, -0.05) is 30.4 Å². The summed E-state index contributed by atoms with van der Waals surface area (Å²) in [5.74, 6) is 1.23. The second-order valence-electron chi connectivity index (χ2n) is 7.91. The molecule has 0 radical (unpaired) electrons. The van der Waals surface area contributed by atoms with E-state index in [4.69, 9.17) is 13.9 Å². The van der Waals surface area contributed by atoms with Crippen LogP contribution in [0.5, 0.6) is 0 Å². The van der Waals surface area contributed by atoms with Gasteiger partial charge in [0.05, 0.1) is 19.8 Å². The van der Waals surface area contributed by atoms with Crippen molar-refractivity contribution in [1.82, 2.24) is 4.90 Å². The van der Waals surface area contributed by atoms with E-state index in [0.717, 1.165) is 11.8 Å². The first-order valence-electron chi connectivity index (χ1n) is 9.91. The topological polar surface area (TPSA) is 69.0 Å². The molecular weight excluding hydrogens is 358 g/mol. The highest BCUT2D eigenvalue weighted by molar-refractivity contribution is 5.96. The lowest BCUT2D eigenvalue weighted by Crippen LogP contribution is -2.43. The molecule has 6 heteroatoms. The van der Waals surface area contributed by atoms with Crippen LogP contribution in [0.4, 0.5) is 0 Å². The molecule has 3 aliphatic rings. The molecule has 0 unspecified atom stereocenters. The summed E-state index contributed by atoms with van der Waals surface area (Å²) in [5.41, 5.74) is -0.0542. The van der Waals surface area contributed by atoms with Crippen LogP contribution >= 0.6 is 0 Å². The average molecular weight is 381 g/mol. The van der Waals surface area contributed by atoms with Gasteiger partial charge in [0, 0.05) is 11.9 Å². The lowest BCUT2D eigenvalue weighted by Gasteiger charge is -2.30. The molecule has 2 aromatic rings. The minimum Gasteiger partial charge on any atom is -0.422 e. The van der Waals surface area contributed by atoms with Gasteiger partial charge in [-0.2, -0.15) is 0 Å². The zero-order valence-electron chi connectivity index (χ0n) is 15.6. The van der Waals surface area contributed by atoms with E-state index in [2.05, 4.69) is 12.2 Å². The SMILES string of the molecule is O=C(c1cc2ccccc2oc1=O)N(CC1OCCO1)C[C@@H]1C[C@H]2C=C[C@H]1C2. The lowest BCUT2D eigenvalue weighted by atomic mass is 9.93. The van der Waals surface area contributed by atoms with Crippen molar-refractivity contribution in [2.75, 3.05) is 26.3 Å². The van der Waals surface area contributed by atoms with Crippen molar-refractivity contribution in [1.29, 1.82) is 0 Å². The number of ether oxygens (including phenoxy) is 2. The van der Waals surface area contributed by atoms with Crippen LogP contribution in [0.3, 0.4) is 0 Å². The Kier molecular flexibility index (Phi) is 4.53. The summed E-state index contributed by atoms with van der Waals surface area (Å²) in [6, 6.07) is 8.86. The highest BCUT2D eigenvalue weighted by atomic mass is 16.7. The molecule has 5 rings (SSSR count). The molecule has 2 fully saturated rings. The smallest absolute Gasteiger partial charge is 0.349 e. The van der Waals surface area contributed by atoms with Gasteiger partial charge in [0.2, 0.25) is 0 Å². The number of allylic oxidation sites excluding steroid dienone is 2. The first-order chi connectivity index (χ1) is 13.7. The van der Waals surface area contributed by atoms with Gasteiger partial charge in [-0.05, 0) is 42.7 Å². The van der Waals surface area contributed by atoms with Gasteiger partial charge in [0.15, 0.2) is 6.29 Å². The van der Waals surface area contributed by atoms with Gasteiger partial charge in [0.1, 0.15) is 11.1 Å². The number of fused-ring (bicyclic) bond motifs is 3. The molecule has 1 aromatic carbocycles. The summed E-state index contributed by atoms with van der Waals surface area (Å²) >= 11 is 0. The second-order valence-corrected chi connectivity index (χ2v) is 7.91. The molecule has 2 heterocycles. The Bertz CT molecular complexity index is 974. The quantitative estimate of drug-likeness (QED) is 0.588. The van der Waals surface area contributed by atoms with Crippen LogP contribution in [0.15, 0.2) is 51.7 Å². The molecule has 1 aliphatic heterocycles. The molecule has 1 aromatic heterocycles. The summed E-state index contributed by atoms with van der Waals surface area (Å²) in [4.78, 5) is 27.5. The molecule has 6 nitrogen and oxygen atoms in total. The molecule has 0 N–H and O–H groups in total. The van der Waals surface area contributed by atoms with Gasteiger partial charge in [0.25, 0.3) is 5.91 Å². The van der Waals surface area contributed by atoms with Crippen molar-refractivity contribution >= 4 is 16.9 Å². The molecule has 2 bridgehead atoms. The minimum atomic E-state index is -0.602. The normalized spacial score (nSPS) is 26.4. The van der Waals surface area contributed by atoms with Gasteiger partial charge < -0.3 is 18.8 Å². The maximum Gasteiger partial charge on any atom is 0.349 e. The minimum absolute atomic E-state index is 0.0652. The van der Waals surface area contributed by atoms with E-state index >= 15 is 0 Å². The van der Waals surface area contributed by atoms with E-state index in [1.165, 1.54) is 6.42 Å². The van der Waals surface area contributed by atoms with Gasteiger partial charge in [-0.25, -0.2) is 4.79 Å². The van der Waals surface area contributed by atoms with E-state index in [1.807, 2.05) is 12.1 Å². The molecule has 1 saturated heterocycles. The van der Waals surface area contributed by atoms with Crippen molar-refractivity contribution in [3.63, 3.8) is 0 Å². The number of benzene rings is 1. The van der Waals surface area contributed by atoms with E-state index in [1.54, 1.807) is 23.1 Å². The van der Waals surface area contributed by atoms with Gasteiger partial charge in [-0.15, -0.1) is 0 Å². The zero-order chi connectivity index (χ0) is 19.1. The third kappa shape index (κ3) is 3.27. The number of carbonyl (C=O) groups excluding carboxylic acids is 1. The van der Waals surface area contributed by atoms with E-state index in [-0.39, 0.29) is 11.5 Å². The number of para-hydroxylation sites is 1. The first kappa shape index (κ1) is 17.6. The van der Waals surface area contributed by atoms with Crippen LogP contribution < -0.4 is 5.63 Å². The van der Waals surface area contributed by atoms with Crippen LogP contribution in [0.1, 0.15) is 23.2 Å². The van der Waals surface area contributed by atoms with Crippen molar-refractivity contribution < 1.29 is 18.7 Å². The predicted molar refractivity (Wildman–Crippen MR) is 103 cm³/mol. The Morgan fingerprint density at radius 3 is 2.64 bits per heavy atom. The van der Waals surface area contributed by atoms with Crippen molar-refractivity contribution in [3.8, 4) is 0 Å². The number of carbonyl (C=O) groups is 1. The fraction of sp³-hybridized carbons (Fsp3) is 0.455. The Morgan fingerprint density at radius 2 is 1.89 bits per heavy atom. The van der Waals surface area contributed by atoms with Gasteiger partial charge in [-0.3, -0.25) is 4.79 Å². The maximum absolute atomic E-state index is 13.3. The Balaban J connectivity index is 1.43. The Hall–Kier alpha value is -2.44. The fourth-order valence-electron chi connectivity index (χ4n) is 4.70. The second kappa shape index (κ2) is 7.18. The first-order valence-corrected chi connectivity index (χ1v) is 9.91. The molecule has 1 amide bonds. The predicted octanol–water partition coefficient (Wildman–Crippen LogP) is 2.82. The average Bonchev–Trinajstić information content (AvgIpc) is 3.45. The molecule has 146 valence electrons. The largest absolute Gasteiger partial charge is 0.422 e. The molecule has 1 saturated carbocycles. The standard InChI is InChI=1S/C22H23NO5/c24-21(18-11-16-3-1-2-4-19(16)28-22(18)25)23(13-20-26-7-8-27-20)12-17-10-14-5-6-15(17)9-14/h1-6,11,14-15,17,20H,7-10,12-13H2/t14-,15-,17-/m0/s1. The zero-order valence-corrected chi connectivity index (χ0v) is 15.6. The number of amides is 1. The van der Waals surface area contributed by atoms with Crippen LogP contribution in [0.25, 0.3) is 11.0 Å². The lowest BCUT2D eigenvalue weighted by molar-refractivity contribution is -0.0593. The van der Waals surface area contributed by atoms with Crippen molar-refractivity contribution in [2.24, 2.45) is 17.8 Å². The number of hydrogen-bond donors (Lipinski definition) is 0. The molecular formula is C22H23NO5. The van der Waals surface area contributed by atoms with Crippen LogP contribution in [-0.4, -0.2) is 43.4 Å². The number of rotatable bonds is 5. The molecule has 0 spiro atoms. The molecule has 28 heavy (non-hydrogen) atoms. The molecule has 3 atom stereocenters. The molecule has 2 aliphatic carbocycles. The Morgan fingerprint density at radius 1 is 1.07 bits per heavy atom. The Labute approximate surface area is 162 Å². The van der Waals surface area contributed by atoms with Crippen LogP contribution in [0.2, 0.25) is 0 Å². The summed E-state index contributed by atoms with van der Waals surface area (Å²) in [5, 5.41) is 0.738. The monoisotopic (exact) mass is 381 g/mol. The highest BCUT2D eigenvalue weighted by Crippen LogP contribution is 2.43. The summed E-state index contributed by atoms with van der Waals surface area (Å²) in [6.45, 7) is 1.98. The summed E-state index contributed by atoms with van der Waals surface area (Å²) < 4.78 is 16.5. The van der Waals surface area contributed by atoms with Crippen LogP contribution in [0, 0.1) is 17.8 Å². The third-order valence-electron chi connectivity index (χ3n) is 6.09. The maximum atomic E-state index is 13.3. The van der Waals surface area contributed by atoms with Crippen molar-refractivity contribution in [3.05, 3.63) is 58.5 Å². The highest BCUT2D eigenvalue weighted by Gasteiger charge is 2.38. The third-order valence-corrected chi connectivity index (χ3v) is 6.09.